The van der Waals surface area contributed by atoms with Crippen molar-refractivity contribution in [3.8, 4) is 0 Å². The number of unbranched alkanes of at least 4 members (excludes halogenated alkanes) is 1. The average Bonchev–Trinajstić information content (AvgIpc) is 2.45. The van der Waals surface area contributed by atoms with E-state index in [4.69, 9.17) is 11.5 Å². The topological polar surface area (TPSA) is 93.2 Å². The minimum Gasteiger partial charge on any atom is -0.348 e. The average molecular weight is 272 g/mol. The SMILES string of the molecule is NCCCC[C@H](N)C(=O)NCC(F)=C1CCCNC1. The van der Waals surface area contributed by atoms with Crippen molar-refractivity contribution in [3.05, 3.63) is 11.4 Å². The lowest BCUT2D eigenvalue weighted by atomic mass is 10.1. The molecule has 6 N–H and O–H groups in total. The number of nitrogens with one attached hydrogen (secondary N) is 2. The van der Waals surface area contributed by atoms with E-state index < -0.39 is 6.04 Å². The first-order valence-corrected chi connectivity index (χ1v) is 6.95. The summed E-state index contributed by atoms with van der Waals surface area (Å²) in [5, 5.41) is 5.66. The molecule has 5 nitrogen and oxygen atoms in total. The Morgan fingerprint density at radius 2 is 2.26 bits per heavy atom. The van der Waals surface area contributed by atoms with Gasteiger partial charge in [0, 0.05) is 6.54 Å². The molecule has 1 saturated heterocycles. The van der Waals surface area contributed by atoms with Crippen molar-refractivity contribution in [2.45, 2.75) is 38.1 Å². The van der Waals surface area contributed by atoms with Gasteiger partial charge in [0.2, 0.25) is 5.91 Å². The summed E-state index contributed by atoms with van der Waals surface area (Å²) >= 11 is 0. The zero-order chi connectivity index (χ0) is 14.1. The first-order chi connectivity index (χ1) is 9.15. The van der Waals surface area contributed by atoms with Crippen LogP contribution in [0.4, 0.5) is 4.39 Å². The summed E-state index contributed by atoms with van der Waals surface area (Å²) in [6, 6.07) is -0.575. The maximum Gasteiger partial charge on any atom is 0.237 e. The third kappa shape index (κ3) is 6.13. The predicted molar refractivity (Wildman–Crippen MR) is 74.1 cm³/mol. The molecule has 19 heavy (non-hydrogen) atoms. The molecule has 1 aliphatic rings. The fourth-order valence-electron chi connectivity index (χ4n) is 2.05. The lowest BCUT2D eigenvalue weighted by molar-refractivity contribution is -0.122. The van der Waals surface area contributed by atoms with Gasteiger partial charge < -0.3 is 22.1 Å². The summed E-state index contributed by atoms with van der Waals surface area (Å²) in [4.78, 5) is 11.7. The van der Waals surface area contributed by atoms with Crippen LogP contribution < -0.4 is 22.1 Å². The Bertz CT molecular complexity index is 312. The minimum atomic E-state index is -0.575. The predicted octanol–water partition coefficient (Wildman–Crippen LogP) is 0.166. The Kier molecular flexibility index (Phi) is 7.62. The molecule has 0 aromatic carbocycles. The lowest BCUT2D eigenvalue weighted by Crippen LogP contribution is -2.41. The van der Waals surface area contributed by atoms with E-state index in [1.165, 1.54) is 0 Å². The zero-order valence-electron chi connectivity index (χ0n) is 11.4. The molecule has 0 unspecified atom stereocenters. The molecule has 0 aliphatic carbocycles. The van der Waals surface area contributed by atoms with Crippen molar-refractivity contribution in [1.82, 2.24) is 10.6 Å². The van der Waals surface area contributed by atoms with Crippen LogP contribution in [0.25, 0.3) is 0 Å². The normalized spacial score (nSPS) is 19.9. The molecular formula is C13H25FN4O. The smallest absolute Gasteiger partial charge is 0.237 e. The minimum absolute atomic E-state index is 0.0551. The van der Waals surface area contributed by atoms with E-state index in [9.17, 15) is 9.18 Å². The molecule has 0 aromatic rings. The van der Waals surface area contributed by atoms with Crippen LogP contribution in [0.5, 0.6) is 0 Å². The number of nitrogens with two attached hydrogens (primary N) is 2. The van der Waals surface area contributed by atoms with Crippen LogP contribution in [-0.4, -0.2) is 38.1 Å². The highest BCUT2D eigenvalue weighted by Crippen LogP contribution is 2.14. The van der Waals surface area contributed by atoms with Crippen molar-refractivity contribution in [2.24, 2.45) is 11.5 Å². The molecule has 0 spiro atoms. The van der Waals surface area contributed by atoms with Gasteiger partial charge in [-0.1, -0.05) is 6.42 Å². The maximum absolute atomic E-state index is 13.8. The molecule has 0 saturated carbocycles. The quantitative estimate of drug-likeness (QED) is 0.497. The molecule has 6 heteroatoms. The molecule has 0 radical (unpaired) electrons. The monoisotopic (exact) mass is 272 g/mol. The van der Waals surface area contributed by atoms with Gasteiger partial charge in [-0.25, -0.2) is 4.39 Å². The number of hydrogen-bond donors (Lipinski definition) is 4. The van der Waals surface area contributed by atoms with Gasteiger partial charge in [0.1, 0.15) is 5.83 Å². The molecule has 1 amide bonds. The van der Waals surface area contributed by atoms with Crippen LogP contribution in [0.3, 0.4) is 0 Å². The van der Waals surface area contributed by atoms with E-state index in [0.717, 1.165) is 37.8 Å². The van der Waals surface area contributed by atoms with E-state index in [1.54, 1.807) is 0 Å². The van der Waals surface area contributed by atoms with Gasteiger partial charge in [-0.05, 0) is 44.3 Å². The first-order valence-electron chi connectivity index (χ1n) is 6.95. The summed E-state index contributed by atoms with van der Waals surface area (Å²) in [5.41, 5.74) is 11.8. The lowest BCUT2D eigenvalue weighted by Gasteiger charge is -2.17. The molecular weight excluding hydrogens is 247 g/mol. The van der Waals surface area contributed by atoms with E-state index >= 15 is 0 Å². The summed E-state index contributed by atoms with van der Waals surface area (Å²) in [6.45, 7) is 2.04. The Labute approximate surface area is 114 Å². The molecule has 0 aromatic heterocycles. The third-order valence-electron chi connectivity index (χ3n) is 3.28. The molecule has 110 valence electrons. The van der Waals surface area contributed by atoms with Crippen LogP contribution in [0.1, 0.15) is 32.1 Å². The Balaban J connectivity index is 2.28. The van der Waals surface area contributed by atoms with Crippen LogP contribution in [-0.2, 0) is 4.79 Å². The van der Waals surface area contributed by atoms with Gasteiger partial charge >= 0.3 is 0 Å². The largest absolute Gasteiger partial charge is 0.348 e. The standard InChI is InChI=1S/C13H25FN4O/c14-11(10-4-3-7-17-8-10)9-18-13(19)12(16)5-1-2-6-15/h12,17H,1-9,15-16H2,(H,18,19)/t12-/m0/s1. The van der Waals surface area contributed by atoms with Gasteiger partial charge in [0.25, 0.3) is 0 Å². The van der Waals surface area contributed by atoms with E-state index in [-0.39, 0.29) is 18.3 Å². The summed E-state index contributed by atoms with van der Waals surface area (Å²) in [6.07, 6.45) is 3.96. The van der Waals surface area contributed by atoms with Gasteiger partial charge in [-0.2, -0.15) is 0 Å². The van der Waals surface area contributed by atoms with Crippen molar-refractivity contribution < 1.29 is 9.18 Å². The number of hydrogen-bond acceptors (Lipinski definition) is 4. The van der Waals surface area contributed by atoms with Gasteiger partial charge in [-0.3, -0.25) is 4.79 Å². The van der Waals surface area contributed by atoms with Crippen LogP contribution in [0.2, 0.25) is 0 Å². The first kappa shape index (κ1) is 16.1. The van der Waals surface area contributed by atoms with Gasteiger partial charge in [0.15, 0.2) is 0 Å². The maximum atomic E-state index is 13.8. The molecule has 1 rings (SSSR count). The fraction of sp³-hybridized carbons (Fsp3) is 0.769. The molecule has 1 heterocycles. The summed E-state index contributed by atoms with van der Waals surface area (Å²) < 4.78 is 13.8. The molecule has 1 atom stereocenters. The number of halogens is 1. The molecule has 1 fully saturated rings. The Hall–Kier alpha value is -0.980. The second-order valence-corrected chi connectivity index (χ2v) is 4.90. The Morgan fingerprint density at radius 3 is 2.89 bits per heavy atom. The molecule has 1 aliphatic heterocycles. The number of carbonyl (C=O) groups is 1. The number of carbonyl (C=O) groups excluding carboxylic acids is 1. The highest BCUT2D eigenvalue weighted by molar-refractivity contribution is 5.81. The highest BCUT2D eigenvalue weighted by atomic mass is 19.1. The van der Waals surface area contributed by atoms with Crippen molar-refractivity contribution >= 4 is 5.91 Å². The zero-order valence-corrected chi connectivity index (χ0v) is 11.4. The second-order valence-electron chi connectivity index (χ2n) is 4.90. The number of amides is 1. The fourth-order valence-corrected chi connectivity index (χ4v) is 2.05. The summed E-state index contributed by atoms with van der Waals surface area (Å²) in [5.74, 6) is -0.536. The van der Waals surface area contributed by atoms with Crippen LogP contribution in [0, 0.1) is 0 Å². The van der Waals surface area contributed by atoms with E-state index in [2.05, 4.69) is 10.6 Å². The van der Waals surface area contributed by atoms with Crippen molar-refractivity contribution in [2.75, 3.05) is 26.2 Å². The number of rotatable bonds is 7. The number of piperidine rings is 1. The third-order valence-corrected chi connectivity index (χ3v) is 3.28. The van der Waals surface area contributed by atoms with Crippen molar-refractivity contribution in [1.29, 1.82) is 0 Å². The van der Waals surface area contributed by atoms with E-state index in [0.29, 0.717) is 19.5 Å². The summed E-state index contributed by atoms with van der Waals surface area (Å²) in [7, 11) is 0. The second kappa shape index (κ2) is 9.01. The van der Waals surface area contributed by atoms with Crippen LogP contribution >= 0.6 is 0 Å². The van der Waals surface area contributed by atoms with Crippen LogP contribution in [0.15, 0.2) is 11.4 Å². The van der Waals surface area contributed by atoms with E-state index in [1.807, 2.05) is 0 Å². The highest BCUT2D eigenvalue weighted by Gasteiger charge is 2.15. The van der Waals surface area contributed by atoms with Crippen molar-refractivity contribution in [3.63, 3.8) is 0 Å². The van der Waals surface area contributed by atoms with Gasteiger partial charge in [-0.15, -0.1) is 0 Å². The Morgan fingerprint density at radius 1 is 1.47 bits per heavy atom. The molecule has 0 bridgehead atoms. The van der Waals surface area contributed by atoms with Gasteiger partial charge in [0.05, 0.1) is 12.6 Å².